The first-order valence-corrected chi connectivity index (χ1v) is 5.89. The molecule has 0 aliphatic rings. The van der Waals surface area contributed by atoms with Crippen LogP contribution in [0, 0.1) is 5.92 Å². The highest BCUT2D eigenvalue weighted by molar-refractivity contribution is 6.17. The number of aldehydes is 1. The third kappa shape index (κ3) is 8.29. The van der Waals surface area contributed by atoms with E-state index in [2.05, 4.69) is 6.92 Å². The predicted octanol–water partition coefficient (Wildman–Crippen LogP) is 3.79. The number of unbranched alkanes of at least 4 members (excludes halogenated alkanes) is 4. The summed E-state index contributed by atoms with van der Waals surface area (Å²) in [6.07, 6.45) is 9.28. The number of carbonyl (C=O) groups excluding carboxylic acids is 1. The lowest BCUT2D eigenvalue weighted by atomic mass is 9.99. The Morgan fingerprint density at radius 3 is 2.38 bits per heavy atom. The van der Waals surface area contributed by atoms with E-state index in [9.17, 15) is 4.79 Å². The average molecular weight is 205 g/mol. The molecule has 78 valence electrons. The van der Waals surface area contributed by atoms with Crippen molar-refractivity contribution in [1.82, 2.24) is 0 Å². The highest BCUT2D eigenvalue weighted by atomic mass is 35.5. The fraction of sp³-hybridized carbons (Fsp3) is 0.909. The second kappa shape index (κ2) is 10.0. The van der Waals surface area contributed by atoms with Crippen LogP contribution in [0.25, 0.3) is 0 Å². The maximum atomic E-state index is 10.6. The normalized spacial score (nSPS) is 12.8. The van der Waals surface area contributed by atoms with Gasteiger partial charge in [-0.15, -0.1) is 11.6 Å². The first kappa shape index (κ1) is 13.0. The molecule has 0 aromatic carbocycles. The standard InChI is InChI=1S/C11H21ClO/c1-2-3-4-5-6-7-11(10-13)8-9-12/h10-11H,2-9H2,1H3. The largest absolute Gasteiger partial charge is 0.303 e. The third-order valence-corrected chi connectivity index (χ3v) is 2.57. The number of halogens is 1. The van der Waals surface area contributed by atoms with Crippen LogP contribution >= 0.6 is 11.6 Å². The minimum absolute atomic E-state index is 0.208. The molecule has 0 saturated heterocycles. The predicted molar refractivity (Wildman–Crippen MR) is 58.3 cm³/mol. The molecule has 0 aliphatic carbocycles. The highest BCUT2D eigenvalue weighted by Gasteiger charge is 2.05. The fourth-order valence-electron chi connectivity index (χ4n) is 1.43. The van der Waals surface area contributed by atoms with Crippen molar-refractivity contribution in [2.75, 3.05) is 5.88 Å². The van der Waals surface area contributed by atoms with E-state index in [0.29, 0.717) is 5.88 Å². The van der Waals surface area contributed by atoms with Crippen molar-refractivity contribution in [3.63, 3.8) is 0 Å². The molecule has 1 unspecified atom stereocenters. The zero-order chi connectivity index (χ0) is 9.94. The molecule has 0 fully saturated rings. The summed E-state index contributed by atoms with van der Waals surface area (Å²) in [6.45, 7) is 2.21. The summed E-state index contributed by atoms with van der Waals surface area (Å²) in [5.41, 5.74) is 0. The number of carbonyl (C=O) groups is 1. The van der Waals surface area contributed by atoms with Crippen LogP contribution in [-0.4, -0.2) is 12.2 Å². The fourth-order valence-corrected chi connectivity index (χ4v) is 1.71. The molecule has 0 spiro atoms. The number of rotatable bonds is 9. The van der Waals surface area contributed by atoms with Crippen molar-refractivity contribution >= 4 is 17.9 Å². The molecule has 1 atom stereocenters. The molecule has 1 nitrogen and oxygen atoms in total. The van der Waals surface area contributed by atoms with Crippen molar-refractivity contribution in [2.45, 2.75) is 51.9 Å². The average Bonchev–Trinajstić information content (AvgIpc) is 2.16. The molecule has 13 heavy (non-hydrogen) atoms. The summed E-state index contributed by atoms with van der Waals surface area (Å²) in [7, 11) is 0. The van der Waals surface area contributed by atoms with E-state index in [-0.39, 0.29) is 5.92 Å². The Hall–Kier alpha value is -0.0400. The Morgan fingerprint density at radius 2 is 1.85 bits per heavy atom. The van der Waals surface area contributed by atoms with Gasteiger partial charge in [-0.2, -0.15) is 0 Å². The van der Waals surface area contributed by atoms with Crippen LogP contribution in [0.2, 0.25) is 0 Å². The Labute approximate surface area is 86.9 Å². The molecule has 0 amide bonds. The maximum absolute atomic E-state index is 10.6. The highest BCUT2D eigenvalue weighted by Crippen LogP contribution is 2.13. The third-order valence-electron chi connectivity index (χ3n) is 2.35. The minimum atomic E-state index is 0.208. The number of hydrogen-bond donors (Lipinski definition) is 0. The maximum Gasteiger partial charge on any atom is 0.123 e. The quantitative estimate of drug-likeness (QED) is 0.317. The van der Waals surface area contributed by atoms with Crippen molar-refractivity contribution in [3.05, 3.63) is 0 Å². The number of hydrogen-bond acceptors (Lipinski definition) is 1. The van der Waals surface area contributed by atoms with Crippen LogP contribution in [0.4, 0.5) is 0 Å². The molecule has 0 aliphatic heterocycles. The van der Waals surface area contributed by atoms with Crippen LogP contribution in [0.5, 0.6) is 0 Å². The summed E-state index contributed by atoms with van der Waals surface area (Å²) in [6, 6.07) is 0. The smallest absolute Gasteiger partial charge is 0.123 e. The molecule has 0 aromatic rings. The van der Waals surface area contributed by atoms with E-state index in [1.54, 1.807) is 0 Å². The summed E-state index contributed by atoms with van der Waals surface area (Å²) >= 11 is 5.58. The van der Waals surface area contributed by atoms with E-state index >= 15 is 0 Å². The van der Waals surface area contributed by atoms with Crippen molar-refractivity contribution in [1.29, 1.82) is 0 Å². The van der Waals surface area contributed by atoms with Crippen LogP contribution in [-0.2, 0) is 4.79 Å². The molecule has 0 aromatic heterocycles. The lowest BCUT2D eigenvalue weighted by Crippen LogP contribution is -2.02. The molecule has 2 heteroatoms. The van der Waals surface area contributed by atoms with Crippen LogP contribution in [0.1, 0.15) is 51.9 Å². The van der Waals surface area contributed by atoms with Gasteiger partial charge in [0.05, 0.1) is 0 Å². The van der Waals surface area contributed by atoms with Gasteiger partial charge in [0.15, 0.2) is 0 Å². The molecule has 0 N–H and O–H groups in total. The van der Waals surface area contributed by atoms with Gasteiger partial charge < -0.3 is 4.79 Å². The SMILES string of the molecule is CCCCCCCC(C=O)CCCl. The van der Waals surface area contributed by atoms with Crippen molar-refractivity contribution < 1.29 is 4.79 Å². The Kier molecular flexibility index (Phi) is 10.0. The summed E-state index contributed by atoms with van der Waals surface area (Å²) in [5, 5.41) is 0. The molecule has 0 rings (SSSR count). The lowest BCUT2D eigenvalue weighted by molar-refractivity contribution is -0.111. The summed E-state index contributed by atoms with van der Waals surface area (Å²) < 4.78 is 0. The molecular weight excluding hydrogens is 184 g/mol. The van der Waals surface area contributed by atoms with E-state index in [4.69, 9.17) is 11.6 Å². The van der Waals surface area contributed by atoms with E-state index < -0.39 is 0 Å². The Balaban J connectivity index is 3.22. The summed E-state index contributed by atoms with van der Waals surface area (Å²) in [5.74, 6) is 0.817. The van der Waals surface area contributed by atoms with Gasteiger partial charge in [0, 0.05) is 11.8 Å². The zero-order valence-corrected chi connectivity index (χ0v) is 9.35. The van der Waals surface area contributed by atoms with Gasteiger partial charge in [-0.25, -0.2) is 0 Å². The van der Waals surface area contributed by atoms with E-state index in [1.165, 1.54) is 32.1 Å². The Morgan fingerprint density at radius 1 is 1.15 bits per heavy atom. The van der Waals surface area contributed by atoms with Crippen LogP contribution < -0.4 is 0 Å². The zero-order valence-electron chi connectivity index (χ0n) is 8.60. The van der Waals surface area contributed by atoms with Gasteiger partial charge in [-0.3, -0.25) is 0 Å². The first-order chi connectivity index (χ1) is 6.35. The van der Waals surface area contributed by atoms with Gasteiger partial charge in [-0.1, -0.05) is 39.0 Å². The molecular formula is C11H21ClO. The minimum Gasteiger partial charge on any atom is -0.303 e. The van der Waals surface area contributed by atoms with Crippen LogP contribution in [0.3, 0.4) is 0 Å². The molecule has 0 radical (unpaired) electrons. The van der Waals surface area contributed by atoms with Crippen molar-refractivity contribution in [3.8, 4) is 0 Å². The van der Waals surface area contributed by atoms with Gasteiger partial charge in [0.1, 0.15) is 6.29 Å². The topological polar surface area (TPSA) is 17.1 Å². The van der Waals surface area contributed by atoms with Gasteiger partial charge in [-0.05, 0) is 12.8 Å². The summed E-state index contributed by atoms with van der Waals surface area (Å²) in [4.78, 5) is 10.6. The van der Waals surface area contributed by atoms with Crippen LogP contribution in [0.15, 0.2) is 0 Å². The number of alkyl halides is 1. The Bertz CT molecular complexity index is 115. The van der Waals surface area contributed by atoms with E-state index in [0.717, 1.165) is 19.1 Å². The van der Waals surface area contributed by atoms with Crippen molar-refractivity contribution in [2.24, 2.45) is 5.92 Å². The monoisotopic (exact) mass is 204 g/mol. The second-order valence-electron chi connectivity index (χ2n) is 3.58. The molecule has 0 heterocycles. The first-order valence-electron chi connectivity index (χ1n) is 5.36. The van der Waals surface area contributed by atoms with Gasteiger partial charge >= 0.3 is 0 Å². The molecule has 0 saturated carbocycles. The lowest BCUT2D eigenvalue weighted by Gasteiger charge is -2.06. The van der Waals surface area contributed by atoms with E-state index in [1.807, 2.05) is 0 Å². The van der Waals surface area contributed by atoms with Gasteiger partial charge in [0.2, 0.25) is 0 Å². The van der Waals surface area contributed by atoms with Gasteiger partial charge in [0.25, 0.3) is 0 Å². The second-order valence-corrected chi connectivity index (χ2v) is 3.95. The molecule has 0 bridgehead atoms.